The van der Waals surface area contributed by atoms with Crippen LogP contribution in [0.2, 0.25) is 0 Å². The van der Waals surface area contributed by atoms with Gasteiger partial charge in [-0.1, -0.05) is 65.7 Å². The van der Waals surface area contributed by atoms with Crippen molar-refractivity contribution in [2.75, 3.05) is 25.5 Å². The fraction of sp³-hybridized carbons (Fsp3) is 0.364. The Hall–Kier alpha value is -1.57. The molecule has 24 heavy (non-hydrogen) atoms. The fourth-order valence-electron chi connectivity index (χ4n) is 3.56. The molecule has 0 aromatic heterocycles. The molecule has 0 radical (unpaired) electrons. The molecule has 0 bridgehead atoms. The Balaban J connectivity index is 1.91. The van der Waals surface area contributed by atoms with Crippen LogP contribution in [0.5, 0.6) is 0 Å². The quantitative estimate of drug-likeness (QED) is 0.648. The summed E-state index contributed by atoms with van der Waals surface area (Å²) in [5.74, 6) is 0.762. The van der Waals surface area contributed by atoms with E-state index in [1.54, 1.807) is 5.57 Å². The number of halogens is 1. The molecule has 1 heterocycles. The Morgan fingerprint density at radius 2 is 1.67 bits per heavy atom. The average molecular weight is 340 g/mol. The normalized spacial score (nSPS) is 15.5. The molecule has 1 nitrogen and oxygen atoms in total. The van der Waals surface area contributed by atoms with E-state index in [1.165, 1.54) is 22.3 Å². The zero-order valence-corrected chi connectivity index (χ0v) is 15.2. The topological polar surface area (TPSA) is 3.24 Å². The lowest BCUT2D eigenvalue weighted by molar-refractivity contribution is 0.258. The van der Waals surface area contributed by atoms with Crippen LogP contribution in [0.4, 0.5) is 0 Å². The Morgan fingerprint density at radius 3 is 2.33 bits per heavy atom. The molecule has 126 valence electrons. The second-order valence-corrected chi connectivity index (χ2v) is 6.98. The molecule has 1 aliphatic rings. The highest BCUT2D eigenvalue weighted by molar-refractivity contribution is 6.17. The zero-order chi connectivity index (χ0) is 16.8. The van der Waals surface area contributed by atoms with E-state index < -0.39 is 0 Å². The first-order chi connectivity index (χ1) is 11.8. The van der Waals surface area contributed by atoms with Gasteiger partial charge in [0.15, 0.2) is 0 Å². The molecule has 1 fully saturated rings. The first-order valence-corrected chi connectivity index (χ1v) is 9.44. The van der Waals surface area contributed by atoms with Gasteiger partial charge in [-0.2, -0.15) is 0 Å². The van der Waals surface area contributed by atoms with Crippen LogP contribution in [0.25, 0.3) is 5.57 Å². The molecule has 1 aliphatic heterocycles. The number of nitrogens with zero attached hydrogens (tertiary/aromatic N) is 1. The summed E-state index contributed by atoms with van der Waals surface area (Å²) in [5.41, 5.74) is 7.05. The number of piperidine rings is 1. The Kier molecular flexibility index (Phi) is 6.12. The van der Waals surface area contributed by atoms with Crippen LogP contribution in [-0.2, 0) is 0 Å². The summed E-state index contributed by atoms with van der Waals surface area (Å²) in [5, 5.41) is 0. The Morgan fingerprint density at radius 1 is 0.958 bits per heavy atom. The van der Waals surface area contributed by atoms with Gasteiger partial charge in [0.1, 0.15) is 0 Å². The van der Waals surface area contributed by atoms with E-state index in [9.17, 15) is 0 Å². The average Bonchev–Trinajstić information content (AvgIpc) is 2.62. The van der Waals surface area contributed by atoms with Gasteiger partial charge in [0, 0.05) is 19.0 Å². The van der Waals surface area contributed by atoms with Gasteiger partial charge < -0.3 is 4.90 Å². The van der Waals surface area contributed by atoms with E-state index >= 15 is 0 Å². The van der Waals surface area contributed by atoms with Gasteiger partial charge in [0.05, 0.1) is 0 Å². The summed E-state index contributed by atoms with van der Waals surface area (Å²) in [6.45, 7) is 5.59. The van der Waals surface area contributed by atoms with Crippen LogP contribution in [-0.4, -0.2) is 30.4 Å². The van der Waals surface area contributed by atoms with Crippen LogP contribution in [0, 0.1) is 6.92 Å². The monoisotopic (exact) mass is 339 g/mol. The predicted octanol–water partition coefficient (Wildman–Crippen LogP) is 5.52. The lowest BCUT2D eigenvalue weighted by Crippen LogP contribution is -2.32. The van der Waals surface area contributed by atoms with E-state index in [0.717, 1.165) is 44.8 Å². The van der Waals surface area contributed by atoms with Gasteiger partial charge in [-0.25, -0.2) is 0 Å². The Bertz CT molecular complexity index is 680. The van der Waals surface area contributed by atoms with Gasteiger partial charge in [0.2, 0.25) is 0 Å². The van der Waals surface area contributed by atoms with Crippen molar-refractivity contribution in [3.05, 3.63) is 76.9 Å². The van der Waals surface area contributed by atoms with Crippen molar-refractivity contribution < 1.29 is 0 Å². The molecule has 0 aliphatic carbocycles. The van der Waals surface area contributed by atoms with Crippen molar-refractivity contribution in [2.24, 2.45) is 0 Å². The molecule has 3 rings (SSSR count). The van der Waals surface area contributed by atoms with Crippen molar-refractivity contribution in [3.8, 4) is 0 Å². The lowest BCUT2D eigenvalue weighted by atomic mass is 9.88. The van der Waals surface area contributed by atoms with Gasteiger partial charge in [-0.05, 0) is 49.4 Å². The van der Waals surface area contributed by atoms with E-state index in [2.05, 4.69) is 66.4 Å². The molecule has 2 aromatic rings. The van der Waals surface area contributed by atoms with E-state index in [1.807, 2.05) is 0 Å². The molecule has 2 aromatic carbocycles. The minimum Gasteiger partial charge on any atom is -0.303 e. The smallest absolute Gasteiger partial charge is 0.0235 e. The van der Waals surface area contributed by atoms with Gasteiger partial charge in [0.25, 0.3) is 0 Å². The van der Waals surface area contributed by atoms with E-state index in [-0.39, 0.29) is 0 Å². The third kappa shape index (κ3) is 4.28. The highest BCUT2D eigenvalue weighted by Crippen LogP contribution is 2.32. The first-order valence-electron chi connectivity index (χ1n) is 8.91. The fourth-order valence-corrected chi connectivity index (χ4v) is 3.68. The van der Waals surface area contributed by atoms with Crippen molar-refractivity contribution in [1.29, 1.82) is 0 Å². The molecule has 0 amide bonds. The van der Waals surface area contributed by atoms with Crippen molar-refractivity contribution in [3.63, 3.8) is 0 Å². The summed E-state index contributed by atoms with van der Waals surface area (Å²) >= 11 is 5.84. The van der Waals surface area contributed by atoms with Crippen LogP contribution in [0.1, 0.15) is 36.0 Å². The molecule has 0 atom stereocenters. The maximum Gasteiger partial charge on any atom is 0.0235 e. The first kappa shape index (κ1) is 17.3. The van der Waals surface area contributed by atoms with Gasteiger partial charge in [-0.3, -0.25) is 0 Å². The summed E-state index contributed by atoms with van der Waals surface area (Å²) in [6, 6.07) is 19.8. The number of alkyl halides is 1. The lowest BCUT2D eigenvalue weighted by Gasteiger charge is -2.30. The largest absolute Gasteiger partial charge is 0.303 e. The molecule has 0 spiro atoms. The van der Waals surface area contributed by atoms with Crippen LogP contribution < -0.4 is 0 Å². The van der Waals surface area contributed by atoms with Crippen LogP contribution in [0.3, 0.4) is 0 Å². The molecule has 1 saturated heterocycles. The third-order valence-electron chi connectivity index (χ3n) is 4.79. The van der Waals surface area contributed by atoms with Crippen LogP contribution in [0.15, 0.2) is 60.2 Å². The summed E-state index contributed by atoms with van der Waals surface area (Å²) in [7, 11) is 0. The number of hydrogen-bond donors (Lipinski definition) is 0. The minimum atomic E-state index is 0.762. The number of hydrogen-bond acceptors (Lipinski definition) is 1. The third-order valence-corrected chi connectivity index (χ3v) is 5.06. The van der Waals surface area contributed by atoms with Crippen LogP contribution >= 0.6 is 11.6 Å². The second-order valence-electron chi connectivity index (χ2n) is 6.60. The molecule has 0 N–H and O–H groups in total. The molecule has 0 unspecified atom stereocenters. The highest BCUT2D eigenvalue weighted by Gasteiger charge is 2.18. The zero-order valence-electron chi connectivity index (χ0n) is 14.5. The molecular formula is C22H26ClN. The Labute approximate surface area is 151 Å². The van der Waals surface area contributed by atoms with E-state index in [4.69, 9.17) is 11.6 Å². The summed E-state index contributed by atoms with van der Waals surface area (Å²) in [4.78, 5) is 2.55. The van der Waals surface area contributed by atoms with Crippen molar-refractivity contribution in [2.45, 2.75) is 26.2 Å². The molecule has 2 heteroatoms. The van der Waals surface area contributed by atoms with Gasteiger partial charge >= 0.3 is 0 Å². The SMILES string of the molecule is Cc1cccc(C(=C2CCN(CCCCl)CC2)c2ccccc2)c1. The predicted molar refractivity (Wildman–Crippen MR) is 105 cm³/mol. The summed E-state index contributed by atoms with van der Waals surface area (Å²) < 4.78 is 0. The number of rotatable bonds is 5. The van der Waals surface area contributed by atoms with Crippen molar-refractivity contribution in [1.82, 2.24) is 4.90 Å². The number of benzene rings is 2. The molecular weight excluding hydrogens is 314 g/mol. The maximum atomic E-state index is 5.84. The highest BCUT2D eigenvalue weighted by atomic mass is 35.5. The summed E-state index contributed by atoms with van der Waals surface area (Å²) in [6.07, 6.45) is 3.39. The second kappa shape index (κ2) is 8.50. The standard InChI is InChI=1S/C22H26ClN/c1-18-7-5-10-21(17-18)22(19-8-3-2-4-9-19)20-11-15-24(16-12-20)14-6-13-23/h2-5,7-10,17H,6,11-16H2,1H3. The van der Waals surface area contributed by atoms with Gasteiger partial charge in [-0.15, -0.1) is 11.6 Å². The number of aryl methyl sites for hydroxylation is 1. The maximum absolute atomic E-state index is 5.84. The van der Waals surface area contributed by atoms with E-state index in [0.29, 0.717) is 0 Å². The molecule has 0 saturated carbocycles. The number of likely N-dealkylation sites (tertiary alicyclic amines) is 1. The van der Waals surface area contributed by atoms with Crippen molar-refractivity contribution >= 4 is 17.2 Å². The minimum absolute atomic E-state index is 0.762.